The van der Waals surface area contributed by atoms with E-state index >= 15 is 0 Å². The van der Waals surface area contributed by atoms with Gasteiger partial charge in [-0.3, -0.25) is 10.1 Å². The first-order valence-corrected chi connectivity index (χ1v) is 4.67. The van der Waals surface area contributed by atoms with Crippen molar-refractivity contribution in [3.05, 3.63) is 46.6 Å². The van der Waals surface area contributed by atoms with Gasteiger partial charge in [0.05, 0.1) is 6.42 Å². The Bertz CT molecular complexity index is 292. The molecule has 0 bridgehead atoms. The zero-order valence-corrected chi connectivity index (χ0v) is 8.76. The number of nitrogens with zero attached hydrogens (tertiary/aromatic N) is 1. The summed E-state index contributed by atoms with van der Waals surface area (Å²) in [7, 11) is 0. The van der Waals surface area contributed by atoms with Crippen LogP contribution in [0.3, 0.4) is 0 Å². The maximum Gasteiger partial charge on any atom is 0.223 e. The van der Waals surface area contributed by atoms with E-state index in [1.54, 1.807) is 24.3 Å². The third-order valence-electron chi connectivity index (χ3n) is 1.85. The van der Waals surface area contributed by atoms with Gasteiger partial charge < -0.3 is 4.79 Å². The monoisotopic (exact) mass is 209 g/mol. The van der Waals surface area contributed by atoms with Crippen LogP contribution in [0.1, 0.15) is 19.8 Å². The van der Waals surface area contributed by atoms with Crippen LogP contribution in [-0.4, -0.2) is 17.3 Å². The van der Waals surface area contributed by atoms with Gasteiger partial charge in [0.25, 0.3) is 0 Å². The number of carbonyl (C=O) groups excluding carboxylic acids is 1. The normalized spacial score (nSPS) is 13.8. The van der Waals surface area contributed by atoms with Gasteiger partial charge in [0, 0.05) is 11.3 Å². The zero-order valence-electron chi connectivity index (χ0n) is 8.76. The average Bonchev–Trinajstić information content (AvgIpc) is 2.17. The van der Waals surface area contributed by atoms with Gasteiger partial charge in [-0.15, -0.1) is 0 Å². The van der Waals surface area contributed by atoms with E-state index in [0.29, 0.717) is 6.29 Å². The molecule has 4 heteroatoms. The van der Waals surface area contributed by atoms with Crippen molar-refractivity contribution in [2.75, 3.05) is 0 Å². The molecule has 0 aromatic rings. The van der Waals surface area contributed by atoms with Crippen molar-refractivity contribution in [1.82, 2.24) is 0 Å². The molecule has 0 fully saturated rings. The van der Waals surface area contributed by atoms with Gasteiger partial charge in [0.1, 0.15) is 6.29 Å². The van der Waals surface area contributed by atoms with Crippen LogP contribution in [0.2, 0.25) is 0 Å². The Balaban J connectivity index is 4.60. The quantitative estimate of drug-likeness (QED) is 0.280. The van der Waals surface area contributed by atoms with Crippen LogP contribution in [-0.2, 0) is 4.79 Å². The molecule has 0 N–H and O–H groups in total. The van der Waals surface area contributed by atoms with E-state index < -0.39 is 11.0 Å². The highest BCUT2D eigenvalue weighted by atomic mass is 16.6. The summed E-state index contributed by atoms with van der Waals surface area (Å²) in [5.74, 6) is 0. The molecule has 0 saturated carbocycles. The highest BCUT2D eigenvalue weighted by Gasteiger charge is 2.19. The third kappa shape index (κ3) is 5.57. The summed E-state index contributed by atoms with van der Waals surface area (Å²) in [5.41, 5.74) is 0.802. The summed E-state index contributed by atoms with van der Waals surface area (Å²) in [6, 6.07) is -0.843. The van der Waals surface area contributed by atoms with Gasteiger partial charge >= 0.3 is 0 Å². The maximum atomic E-state index is 10.6. The number of nitro groups is 1. The second kappa shape index (κ2) is 7.67. The standard InChI is InChI=1S/C11H15NO3/c1-3-5-10(6-4-2)9-11(7-8-13)12(14)15/h3-6,8,11H,1,7,9H2,2H3/b6-4-,10-5+. The van der Waals surface area contributed by atoms with Crippen LogP contribution in [0.5, 0.6) is 0 Å². The molecule has 0 aromatic carbocycles. The number of aldehydes is 1. The minimum absolute atomic E-state index is 0.0565. The summed E-state index contributed by atoms with van der Waals surface area (Å²) in [4.78, 5) is 20.4. The molecule has 0 rings (SSSR count). The topological polar surface area (TPSA) is 60.2 Å². The number of rotatable bonds is 7. The molecule has 15 heavy (non-hydrogen) atoms. The molecule has 0 amide bonds. The Kier molecular flexibility index (Phi) is 6.80. The van der Waals surface area contributed by atoms with Crippen LogP contribution >= 0.6 is 0 Å². The number of allylic oxidation sites excluding steroid dienone is 4. The molecule has 0 aromatic heterocycles. The summed E-state index contributed by atoms with van der Waals surface area (Å²) >= 11 is 0. The summed E-state index contributed by atoms with van der Waals surface area (Å²) in [5, 5.41) is 10.6. The van der Waals surface area contributed by atoms with Crippen molar-refractivity contribution in [3.8, 4) is 0 Å². The minimum atomic E-state index is -0.843. The lowest BCUT2D eigenvalue weighted by Crippen LogP contribution is -2.20. The molecule has 0 spiro atoms. The summed E-state index contributed by atoms with van der Waals surface area (Å²) < 4.78 is 0. The molecule has 0 saturated heterocycles. The minimum Gasteiger partial charge on any atom is -0.303 e. The molecule has 0 heterocycles. The Hall–Kier alpha value is -1.71. The smallest absolute Gasteiger partial charge is 0.223 e. The fraction of sp³-hybridized carbons (Fsp3) is 0.364. The van der Waals surface area contributed by atoms with Crippen molar-refractivity contribution in [3.63, 3.8) is 0 Å². The highest BCUT2D eigenvalue weighted by molar-refractivity contribution is 5.50. The molecule has 0 aliphatic carbocycles. The van der Waals surface area contributed by atoms with Crippen LogP contribution in [0, 0.1) is 10.1 Å². The van der Waals surface area contributed by atoms with E-state index in [0.717, 1.165) is 5.57 Å². The van der Waals surface area contributed by atoms with Crippen LogP contribution in [0.4, 0.5) is 0 Å². The van der Waals surface area contributed by atoms with E-state index in [1.165, 1.54) is 0 Å². The lowest BCUT2D eigenvalue weighted by atomic mass is 10.0. The van der Waals surface area contributed by atoms with Gasteiger partial charge in [-0.05, 0) is 12.5 Å². The second-order valence-electron chi connectivity index (χ2n) is 3.02. The van der Waals surface area contributed by atoms with Crippen LogP contribution in [0.25, 0.3) is 0 Å². The lowest BCUT2D eigenvalue weighted by Gasteiger charge is -2.06. The van der Waals surface area contributed by atoms with Crippen molar-refractivity contribution in [1.29, 1.82) is 0 Å². The first kappa shape index (κ1) is 13.3. The number of hydrogen-bond donors (Lipinski definition) is 0. The van der Waals surface area contributed by atoms with Crippen molar-refractivity contribution in [2.24, 2.45) is 0 Å². The SMILES string of the molecule is C=C/C=C(\C=C/C)CC(CC=O)[N+](=O)[O-]. The molecular weight excluding hydrogens is 194 g/mol. The van der Waals surface area contributed by atoms with E-state index in [2.05, 4.69) is 6.58 Å². The lowest BCUT2D eigenvalue weighted by molar-refractivity contribution is -0.520. The number of carbonyl (C=O) groups is 1. The van der Waals surface area contributed by atoms with Crippen LogP contribution in [0.15, 0.2) is 36.5 Å². The average molecular weight is 209 g/mol. The van der Waals surface area contributed by atoms with Crippen molar-refractivity contribution >= 4 is 6.29 Å². The molecule has 82 valence electrons. The summed E-state index contributed by atoms with van der Waals surface area (Å²) in [6.45, 7) is 5.36. The van der Waals surface area contributed by atoms with Crippen molar-refractivity contribution < 1.29 is 9.72 Å². The largest absolute Gasteiger partial charge is 0.303 e. The van der Waals surface area contributed by atoms with E-state index in [-0.39, 0.29) is 12.8 Å². The second-order valence-corrected chi connectivity index (χ2v) is 3.02. The molecule has 1 atom stereocenters. The molecule has 0 radical (unpaired) electrons. The van der Waals surface area contributed by atoms with Gasteiger partial charge in [-0.1, -0.05) is 30.9 Å². The van der Waals surface area contributed by atoms with Crippen molar-refractivity contribution in [2.45, 2.75) is 25.8 Å². The molecule has 1 unspecified atom stereocenters. The van der Waals surface area contributed by atoms with Gasteiger partial charge in [-0.25, -0.2) is 0 Å². The molecule has 4 nitrogen and oxygen atoms in total. The zero-order chi connectivity index (χ0) is 11.7. The number of hydrogen-bond acceptors (Lipinski definition) is 3. The molecule has 0 aliphatic heterocycles. The van der Waals surface area contributed by atoms with E-state index in [1.807, 2.05) is 6.92 Å². The van der Waals surface area contributed by atoms with E-state index in [9.17, 15) is 14.9 Å². The predicted octanol–water partition coefficient (Wildman–Crippen LogP) is 2.30. The van der Waals surface area contributed by atoms with E-state index in [4.69, 9.17) is 0 Å². The summed E-state index contributed by atoms with van der Waals surface area (Å²) in [6.07, 6.45) is 7.64. The van der Waals surface area contributed by atoms with Gasteiger partial charge in [0.2, 0.25) is 6.04 Å². The first-order chi connectivity index (χ1) is 7.15. The molecule has 0 aliphatic rings. The highest BCUT2D eigenvalue weighted by Crippen LogP contribution is 2.12. The predicted molar refractivity (Wildman–Crippen MR) is 59.2 cm³/mol. The van der Waals surface area contributed by atoms with Gasteiger partial charge in [-0.2, -0.15) is 0 Å². The van der Waals surface area contributed by atoms with Gasteiger partial charge in [0.15, 0.2) is 0 Å². The Morgan fingerprint density at radius 1 is 1.60 bits per heavy atom. The fourth-order valence-electron chi connectivity index (χ4n) is 1.18. The fourth-order valence-corrected chi connectivity index (χ4v) is 1.18. The third-order valence-corrected chi connectivity index (χ3v) is 1.85. The Labute approximate surface area is 89.1 Å². The first-order valence-electron chi connectivity index (χ1n) is 4.67. The maximum absolute atomic E-state index is 10.6. The van der Waals surface area contributed by atoms with Crippen LogP contribution < -0.4 is 0 Å². The Morgan fingerprint density at radius 3 is 2.67 bits per heavy atom. The Morgan fingerprint density at radius 2 is 2.27 bits per heavy atom. The molecular formula is C11H15NO3.